The molecule has 2 rings (SSSR count). The molecule has 0 aliphatic heterocycles. The van der Waals surface area contributed by atoms with Gasteiger partial charge >= 0.3 is 0 Å². The van der Waals surface area contributed by atoms with Crippen LogP contribution in [0.5, 0.6) is 0 Å². The third-order valence-corrected chi connectivity index (χ3v) is 7.46. The predicted molar refractivity (Wildman–Crippen MR) is 99.7 cm³/mol. The topological polar surface area (TPSA) is 34.1 Å². The molecule has 0 aromatic carbocycles. The van der Waals surface area contributed by atoms with Crippen molar-refractivity contribution in [3.63, 3.8) is 0 Å². The van der Waals surface area contributed by atoms with Gasteiger partial charge in [-0.15, -0.1) is 0 Å². The molecule has 0 N–H and O–H groups in total. The Morgan fingerprint density at radius 2 is 2.04 bits per heavy atom. The summed E-state index contributed by atoms with van der Waals surface area (Å²) in [4.78, 5) is 23.2. The zero-order valence-corrected chi connectivity index (χ0v) is 16.1. The van der Waals surface area contributed by atoms with Crippen molar-refractivity contribution in [3.8, 4) is 0 Å². The number of aldehydes is 2. The van der Waals surface area contributed by atoms with Gasteiger partial charge in [0.2, 0.25) is 0 Å². The maximum Gasteiger partial charge on any atom is 0.146 e. The van der Waals surface area contributed by atoms with Crippen LogP contribution in [0.15, 0.2) is 23.3 Å². The van der Waals surface area contributed by atoms with Gasteiger partial charge in [-0.2, -0.15) is 0 Å². The van der Waals surface area contributed by atoms with E-state index in [1.807, 2.05) is 6.08 Å². The number of hydrogen-bond acceptors (Lipinski definition) is 2. The van der Waals surface area contributed by atoms with Crippen LogP contribution in [0.3, 0.4) is 0 Å². The van der Waals surface area contributed by atoms with Gasteiger partial charge in [0.1, 0.15) is 12.6 Å². The van der Waals surface area contributed by atoms with E-state index in [1.54, 1.807) is 0 Å². The molecule has 2 aliphatic carbocycles. The largest absolute Gasteiger partial charge is 0.303 e. The van der Waals surface area contributed by atoms with Crippen molar-refractivity contribution in [2.45, 2.75) is 73.1 Å². The molecule has 2 heteroatoms. The minimum Gasteiger partial charge on any atom is -0.303 e. The van der Waals surface area contributed by atoms with Crippen molar-refractivity contribution in [1.82, 2.24) is 0 Å². The normalized spacial score (nSPS) is 38.0. The van der Waals surface area contributed by atoms with Gasteiger partial charge in [0, 0.05) is 5.92 Å². The summed E-state index contributed by atoms with van der Waals surface area (Å²) >= 11 is 0. The molecule has 0 radical (unpaired) electrons. The van der Waals surface area contributed by atoms with Crippen LogP contribution in [0.4, 0.5) is 0 Å². The third kappa shape index (κ3) is 3.17. The number of allylic oxidation sites excluding steroid dienone is 4. The Hall–Kier alpha value is -1.18. The highest BCUT2D eigenvalue weighted by Crippen LogP contribution is 2.61. The molecule has 0 saturated heterocycles. The molecule has 0 heterocycles. The average Bonchev–Trinajstić information content (AvgIpc) is 2.57. The van der Waals surface area contributed by atoms with E-state index in [2.05, 4.69) is 40.7 Å². The Morgan fingerprint density at radius 3 is 2.62 bits per heavy atom. The standard InChI is InChI=1S/C22H34O2/c1-6-16(2)8-9-17(3)21(4)12-7-13-22(5)19(15-24)18(14-23)10-11-20(21)22/h8,10,14-15,17,19-20H,6-7,9,11-13H2,1-5H3/b16-8-/t17?,19-,20?,21-,22+/m1/s1. The van der Waals surface area contributed by atoms with E-state index in [0.717, 1.165) is 44.7 Å². The predicted octanol–water partition coefficient (Wildman–Crippen LogP) is 5.53. The molecule has 0 aromatic heterocycles. The first-order valence-electron chi connectivity index (χ1n) is 9.59. The smallest absolute Gasteiger partial charge is 0.146 e. The second-order valence-electron chi connectivity index (χ2n) is 8.63. The number of fused-ring (bicyclic) bond motifs is 1. The highest BCUT2D eigenvalue weighted by Gasteiger charge is 2.55. The van der Waals surface area contributed by atoms with Crippen LogP contribution in [0.25, 0.3) is 0 Å². The number of carbonyl (C=O) groups is 2. The van der Waals surface area contributed by atoms with E-state index in [9.17, 15) is 9.59 Å². The van der Waals surface area contributed by atoms with Gasteiger partial charge in [-0.1, -0.05) is 51.8 Å². The van der Waals surface area contributed by atoms with E-state index in [0.29, 0.717) is 17.4 Å². The van der Waals surface area contributed by atoms with Gasteiger partial charge in [-0.05, 0) is 67.3 Å². The molecule has 2 aliphatic rings. The maximum absolute atomic E-state index is 11.8. The van der Waals surface area contributed by atoms with E-state index in [-0.39, 0.29) is 16.7 Å². The highest BCUT2D eigenvalue weighted by atomic mass is 16.1. The Bertz CT molecular complexity index is 544. The van der Waals surface area contributed by atoms with Crippen molar-refractivity contribution in [1.29, 1.82) is 0 Å². The van der Waals surface area contributed by atoms with Gasteiger partial charge < -0.3 is 4.79 Å². The Labute approximate surface area is 147 Å². The fourth-order valence-electron chi connectivity index (χ4n) is 5.36. The average molecular weight is 331 g/mol. The van der Waals surface area contributed by atoms with Crippen molar-refractivity contribution < 1.29 is 9.59 Å². The summed E-state index contributed by atoms with van der Waals surface area (Å²) in [5.74, 6) is 0.832. The van der Waals surface area contributed by atoms with Crippen molar-refractivity contribution in [3.05, 3.63) is 23.3 Å². The molecule has 24 heavy (non-hydrogen) atoms. The first kappa shape index (κ1) is 19.1. The van der Waals surface area contributed by atoms with E-state index in [4.69, 9.17) is 0 Å². The minimum absolute atomic E-state index is 0.0719. The summed E-state index contributed by atoms with van der Waals surface area (Å²) in [6, 6.07) is 0. The molecular formula is C22H34O2. The monoisotopic (exact) mass is 330 g/mol. The number of rotatable bonds is 6. The van der Waals surface area contributed by atoms with Gasteiger partial charge in [0.15, 0.2) is 0 Å². The lowest BCUT2D eigenvalue weighted by Crippen LogP contribution is -2.52. The number of hydrogen-bond donors (Lipinski definition) is 0. The molecule has 134 valence electrons. The van der Waals surface area contributed by atoms with Crippen LogP contribution in [-0.4, -0.2) is 12.6 Å². The molecule has 2 unspecified atom stereocenters. The van der Waals surface area contributed by atoms with Crippen molar-refractivity contribution >= 4 is 12.6 Å². The van der Waals surface area contributed by atoms with Gasteiger partial charge in [-0.3, -0.25) is 4.79 Å². The summed E-state index contributed by atoms with van der Waals surface area (Å²) in [5.41, 5.74) is 2.32. The van der Waals surface area contributed by atoms with Crippen LogP contribution < -0.4 is 0 Å². The lowest BCUT2D eigenvalue weighted by molar-refractivity contribution is -0.125. The van der Waals surface area contributed by atoms with Crippen molar-refractivity contribution in [2.24, 2.45) is 28.6 Å². The molecule has 0 bridgehead atoms. The molecule has 1 fully saturated rings. The van der Waals surface area contributed by atoms with E-state index < -0.39 is 0 Å². The van der Waals surface area contributed by atoms with Crippen LogP contribution in [0.1, 0.15) is 73.1 Å². The Kier molecular flexibility index (Phi) is 5.88. The first-order valence-corrected chi connectivity index (χ1v) is 9.59. The zero-order chi connectivity index (χ0) is 18.0. The van der Waals surface area contributed by atoms with Crippen molar-refractivity contribution in [2.75, 3.05) is 0 Å². The summed E-state index contributed by atoms with van der Waals surface area (Å²) in [6.45, 7) is 11.5. The fraction of sp³-hybridized carbons (Fsp3) is 0.727. The highest BCUT2D eigenvalue weighted by molar-refractivity contribution is 5.82. The molecule has 1 saturated carbocycles. The number of carbonyl (C=O) groups excluding carboxylic acids is 2. The van der Waals surface area contributed by atoms with Gasteiger partial charge in [0.05, 0.1) is 0 Å². The third-order valence-electron chi connectivity index (χ3n) is 7.46. The van der Waals surface area contributed by atoms with Gasteiger partial charge in [0.25, 0.3) is 0 Å². The molecule has 2 nitrogen and oxygen atoms in total. The fourth-order valence-corrected chi connectivity index (χ4v) is 5.36. The molecule has 0 aromatic rings. The quantitative estimate of drug-likeness (QED) is 0.474. The Balaban J connectivity index is 2.34. The van der Waals surface area contributed by atoms with Crippen LogP contribution in [0, 0.1) is 28.6 Å². The molecule has 5 atom stereocenters. The van der Waals surface area contributed by atoms with E-state index in [1.165, 1.54) is 12.0 Å². The first-order chi connectivity index (χ1) is 11.3. The van der Waals surface area contributed by atoms with Crippen LogP contribution >= 0.6 is 0 Å². The van der Waals surface area contributed by atoms with Crippen LogP contribution in [-0.2, 0) is 9.59 Å². The molecule has 0 amide bonds. The van der Waals surface area contributed by atoms with E-state index >= 15 is 0 Å². The summed E-state index contributed by atoms with van der Waals surface area (Å²) in [7, 11) is 0. The minimum atomic E-state index is -0.228. The second kappa shape index (κ2) is 7.37. The summed E-state index contributed by atoms with van der Waals surface area (Å²) in [5, 5.41) is 0. The lowest BCUT2D eigenvalue weighted by Gasteiger charge is -2.58. The Morgan fingerprint density at radius 1 is 1.33 bits per heavy atom. The molecule has 0 spiro atoms. The van der Waals surface area contributed by atoms with Gasteiger partial charge in [-0.25, -0.2) is 0 Å². The maximum atomic E-state index is 11.8. The van der Waals surface area contributed by atoms with Crippen LogP contribution in [0.2, 0.25) is 0 Å². The summed E-state index contributed by atoms with van der Waals surface area (Å²) in [6.07, 6.45) is 13.0. The molecular weight excluding hydrogens is 296 g/mol. The lowest BCUT2D eigenvalue weighted by atomic mass is 9.46. The zero-order valence-electron chi connectivity index (χ0n) is 16.1. The summed E-state index contributed by atoms with van der Waals surface area (Å²) < 4.78 is 0. The second-order valence-corrected chi connectivity index (χ2v) is 8.63. The SMILES string of the molecule is CC/C(C)=C\CC(C)[C@@]1(C)CCC[C@]2(C)C1CC=C(C=O)[C@H]2C=O.